The first-order valence-corrected chi connectivity index (χ1v) is 8.07. The molecule has 2 aromatic rings. The molecule has 23 heavy (non-hydrogen) atoms. The second-order valence-electron chi connectivity index (χ2n) is 6.41. The van der Waals surface area contributed by atoms with Crippen LogP contribution in [0.2, 0.25) is 0 Å². The number of nitrogens with zero attached hydrogens (tertiary/aromatic N) is 3. The highest BCUT2D eigenvalue weighted by Gasteiger charge is 2.33. The van der Waals surface area contributed by atoms with Crippen LogP contribution in [0, 0.1) is 20.8 Å². The van der Waals surface area contributed by atoms with Crippen LogP contribution >= 0.6 is 0 Å². The lowest BCUT2D eigenvalue weighted by Gasteiger charge is -2.22. The highest BCUT2D eigenvalue weighted by molar-refractivity contribution is 6.00. The quantitative estimate of drug-likeness (QED) is 0.942. The van der Waals surface area contributed by atoms with Crippen LogP contribution < -0.4 is 10.2 Å². The smallest absolute Gasteiger partial charge is 0.244 e. The zero-order valence-corrected chi connectivity index (χ0v) is 14.3. The van der Waals surface area contributed by atoms with Crippen molar-refractivity contribution in [2.75, 3.05) is 11.4 Å². The Morgan fingerprint density at radius 3 is 2.57 bits per heavy atom. The molecule has 1 aromatic heterocycles. The lowest BCUT2D eigenvalue weighted by atomic mass is 10.0. The van der Waals surface area contributed by atoms with Crippen LogP contribution in [-0.4, -0.2) is 28.3 Å². The monoisotopic (exact) mass is 312 g/mol. The molecule has 122 valence electrons. The van der Waals surface area contributed by atoms with Gasteiger partial charge in [-0.15, -0.1) is 0 Å². The van der Waals surface area contributed by atoms with Gasteiger partial charge in [0.15, 0.2) is 0 Å². The maximum absolute atomic E-state index is 12.8. The summed E-state index contributed by atoms with van der Waals surface area (Å²) in [4.78, 5) is 14.7. The average Bonchev–Trinajstić information content (AvgIpc) is 3.03. The third kappa shape index (κ3) is 3.01. The molecule has 1 saturated heterocycles. The molecular weight excluding hydrogens is 288 g/mol. The number of aryl methyl sites for hydroxylation is 4. The molecule has 0 saturated carbocycles. The van der Waals surface area contributed by atoms with Crippen molar-refractivity contribution in [3.63, 3.8) is 0 Å². The minimum Gasteiger partial charge on any atom is -0.310 e. The van der Waals surface area contributed by atoms with Gasteiger partial charge in [-0.1, -0.05) is 17.7 Å². The molecule has 0 radical (unpaired) electrons. The molecule has 3 rings (SSSR count). The zero-order valence-electron chi connectivity index (χ0n) is 14.3. The van der Waals surface area contributed by atoms with E-state index in [9.17, 15) is 4.79 Å². The number of anilines is 1. The van der Waals surface area contributed by atoms with Gasteiger partial charge in [-0.2, -0.15) is 5.10 Å². The third-order valence-corrected chi connectivity index (χ3v) is 4.56. The van der Waals surface area contributed by atoms with Gasteiger partial charge in [0.2, 0.25) is 5.91 Å². The highest BCUT2D eigenvalue weighted by Crippen LogP contribution is 2.30. The largest absolute Gasteiger partial charge is 0.310 e. The molecule has 1 aliphatic heterocycles. The van der Waals surface area contributed by atoms with E-state index >= 15 is 0 Å². The van der Waals surface area contributed by atoms with Crippen LogP contribution in [0.3, 0.4) is 0 Å². The Hall–Kier alpha value is -2.14. The molecule has 0 aliphatic carbocycles. The average molecular weight is 312 g/mol. The van der Waals surface area contributed by atoms with Crippen molar-refractivity contribution in [3.8, 4) is 0 Å². The van der Waals surface area contributed by atoms with Gasteiger partial charge in [-0.05, 0) is 44.4 Å². The summed E-state index contributed by atoms with van der Waals surface area (Å²) in [5.41, 5.74) is 5.73. The van der Waals surface area contributed by atoms with Crippen LogP contribution in [0.15, 0.2) is 24.4 Å². The lowest BCUT2D eigenvalue weighted by Crippen LogP contribution is -2.38. The Bertz CT molecular complexity index is 711. The van der Waals surface area contributed by atoms with Gasteiger partial charge in [0.25, 0.3) is 0 Å². The predicted octanol–water partition coefficient (Wildman–Crippen LogP) is 2.24. The van der Waals surface area contributed by atoms with Gasteiger partial charge in [0.05, 0.1) is 11.7 Å². The van der Waals surface area contributed by atoms with Crippen molar-refractivity contribution in [1.82, 2.24) is 15.1 Å². The van der Waals surface area contributed by atoms with E-state index in [2.05, 4.69) is 43.3 Å². The summed E-state index contributed by atoms with van der Waals surface area (Å²) < 4.78 is 1.83. The summed E-state index contributed by atoms with van der Waals surface area (Å²) in [5, 5.41) is 7.53. The van der Waals surface area contributed by atoms with E-state index in [0.29, 0.717) is 6.54 Å². The number of benzene rings is 1. The van der Waals surface area contributed by atoms with Crippen LogP contribution in [-0.2, 0) is 18.4 Å². The summed E-state index contributed by atoms with van der Waals surface area (Å²) in [7, 11) is 1.92. The fourth-order valence-electron chi connectivity index (χ4n) is 3.49. The minimum absolute atomic E-state index is 0.120. The fourth-order valence-corrected chi connectivity index (χ4v) is 3.49. The molecule has 1 N–H and O–H groups in total. The number of carbonyl (C=O) groups excluding carboxylic acids is 1. The van der Waals surface area contributed by atoms with Crippen molar-refractivity contribution in [2.45, 2.75) is 39.8 Å². The highest BCUT2D eigenvalue weighted by atomic mass is 16.2. The molecule has 2 heterocycles. The van der Waals surface area contributed by atoms with Gasteiger partial charge in [0, 0.05) is 32.0 Å². The number of amides is 1. The van der Waals surface area contributed by atoms with Crippen molar-refractivity contribution < 1.29 is 4.79 Å². The van der Waals surface area contributed by atoms with E-state index in [-0.39, 0.29) is 11.9 Å². The molecule has 0 bridgehead atoms. The first kappa shape index (κ1) is 15.7. The van der Waals surface area contributed by atoms with Crippen molar-refractivity contribution in [1.29, 1.82) is 0 Å². The molecule has 1 atom stereocenters. The van der Waals surface area contributed by atoms with Crippen molar-refractivity contribution in [3.05, 3.63) is 46.8 Å². The fraction of sp³-hybridized carbons (Fsp3) is 0.444. The van der Waals surface area contributed by atoms with Crippen LogP contribution in [0.4, 0.5) is 5.69 Å². The molecule has 1 fully saturated rings. The van der Waals surface area contributed by atoms with Crippen LogP contribution in [0.1, 0.15) is 28.8 Å². The Labute approximate surface area is 137 Å². The maximum Gasteiger partial charge on any atom is 0.244 e. The lowest BCUT2D eigenvalue weighted by molar-refractivity contribution is -0.118. The second-order valence-corrected chi connectivity index (χ2v) is 6.41. The van der Waals surface area contributed by atoms with Gasteiger partial charge < -0.3 is 10.2 Å². The van der Waals surface area contributed by atoms with Crippen molar-refractivity contribution >= 4 is 11.6 Å². The second kappa shape index (κ2) is 6.16. The Balaban J connectivity index is 1.73. The Morgan fingerprint density at radius 2 is 1.96 bits per heavy atom. The van der Waals surface area contributed by atoms with E-state index in [0.717, 1.165) is 24.3 Å². The van der Waals surface area contributed by atoms with Crippen LogP contribution in [0.25, 0.3) is 0 Å². The van der Waals surface area contributed by atoms with Gasteiger partial charge >= 0.3 is 0 Å². The zero-order chi connectivity index (χ0) is 16.6. The van der Waals surface area contributed by atoms with Gasteiger partial charge in [0.1, 0.15) is 0 Å². The summed E-state index contributed by atoms with van der Waals surface area (Å²) >= 11 is 0. The number of rotatable bonds is 4. The first-order chi connectivity index (χ1) is 11.0. The van der Waals surface area contributed by atoms with Gasteiger partial charge in [-0.3, -0.25) is 9.48 Å². The molecule has 0 unspecified atom stereocenters. The molecule has 1 aliphatic rings. The number of hydrogen-bond acceptors (Lipinski definition) is 3. The number of nitrogens with one attached hydrogen (secondary N) is 1. The normalized spacial score (nSPS) is 18.0. The van der Waals surface area contributed by atoms with Crippen LogP contribution in [0.5, 0.6) is 0 Å². The summed E-state index contributed by atoms with van der Waals surface area (Å²) in [6.45, 7) is 7.69. The molecule has 0 spiro atoms. The van der Waals surface area contributed by atoms with E-state index < -0.39 is 0 Å². The van der Waals surface area contributed by atoms with Gasteiger partial charge in [-0.25, -0.2) is 0 Å². The first-order valence-electron chi connectivity index (χ1n) is 8.07. The SMILES string of the molecule is Cc1cc(C)c(N2CC[C@H](NCc3ccnn3C)C2=O)c(C)c1. The minimum atomic E-state index is -0.120. The molecule has 5 nitrogen and oxygen atoms in total. The number of aromatic nitrogens is 2. The Morgan fingerprint density at radius 1 is 1.26 bits per heavy atom. The van der Waals surface area contributed by atoms with Crippen molar-refractivity contribution in [2.24, 2.45) is 7.05 Å². The topological polar surface area (TPSA) is 50.2 Å². The maximum atomic E-state index is 12.8. The predicted molar refractivity (Wildman–Crippen MR) is 91.5 cm³/mol. The van der Waals surface area contributed by atoms with E-state index in [1.165, 1.54) is 16.7 Å². The van der Waals surface area contributed by atoms with E-state index in [1.807, 2.05) is 22.7 Å². The van der Waals surface area contributed by atoms with E-state index in [1.54, 1.807) is 6.20 Å². The summed E-state index contributed by atoms with van der Waals surface area (Å²) in [6.07, 6.45) is 2.61. The summed E-state index contributed by atoms with van der Waals surface area (Å²) in [6, 6.07) is 6.14. The van der Waals surface area contributed by atoms with E-state index in [4.69, 9.17) is 0 Å². The number of hydrogen-bond donors (Lipinski definition) is 1. The molecule has 1 aromatic carbocycles. The molecular formula is C18H24N4O. The number of carbonyl (C=O) groups is 1. The standard InChI is InChI=1S/C18H24N4O/c1-12-9-13(2)17(14(3)10-12)22-8-6-16(18(22)23)19-11-15-5-7-20-21(15)4/h5,7,9-10,16,19H,6,8,11H2,1-4H3/t16-/m0/s1. The summed E-state index contributed by atoms with van der Waals surface area (Å²) in [5.74, 6) is 0.169. The molecule has 5 heteroatoms. The molecule has 1 amide bonds. The Kier molecular flexibility index (Phi) is 4.22. The third-order valence-electron chi connectivity index (χ3n) is 4.56.